The number of benzene rings is 1. The quantitative estimate of drug-likeness (QED) is 0.383. The monoisotopic (exact) mass is 740 g/mol. The number of hydrogen-bond donors (Lipinski definition) is 3. The van der Waals surface area contributed by atoms with Crippen LogP contribution in [0.25, 0.3) is 0 Å². The lowest BCUT2D eigenvalue weighted by atomic mass is 10.0. The van der Waals surface area contributed by atoms with Crippen LogP contribution in [0.3, 0.4) is 0 Å². The number of rotatable bonds is 5. The first-order valence-corrected chi connectivity index (χ1v) is 18.1. The summed E-state index contributed by atoms with van der Waals surface area (Å²) in [5.74, 6) is -5.35. The second kappa shape index (κ2) is 14.1. The summed E-state index contributed by atoms with van der Waals surface area (Å²) in [4.78, 5) is 70.3. The summed E-state index contributed by atoms with van der Waals surface area (Å²) >= 11 is 0. The molecule has 0 unspecified atom stereocenters. The van der Waals surface area contributed by atoms with Crippen LogP contribution in [0.15, 0.2) is 30.4 Å². The van der Waals surface area contributed by atoms with Crippen LogP contribution in [-0.2, 0) is 46.9 Å². The van der Waals surface area contributed by atoms with Gasteiger partial charge in [-0.2, -0.15) is 0 Å². The molecule has 1 aromatic rings. The summed E-state index contributed by atoms with van der Waals surface area (Å²) in [6.07, 6.45) is -5.94. The first kappa shape index (κ1) is 26.5. The summed E-state index contributed by atoms with van der Waals surface area (Å²) in [5.41, 5.74) is -4.25. The predicted molar refractivity (Wildman–Crippen MR) is 180 cm³/mol. The van der Waals surface area contributed by atoms with Gasteiger partial charge in [-0.1, -0.05) is 37.1 Å². The van der Waals surface area contributed by atoms with Crippen LogP contribution in [0, 0.1) is 11.7 Å². The van der Waals surface area contributed by atoms with Gasteiger partial charge < -0.3 is 25.0 Å². The minimum absolute atomic E-state index is 0.0534. The van der Waals surface area contributed by atoms with Crippen molar-refractivity contribution in [3.05, 3.63) is 47.3 Å². The number of alkyl carbamates (subject to hydrolysis) is 1. The molecule has 0 spiro atoms. The molecular weight excluding hydrogens is 685 g/mol. The van der Waals surface area contributed by atoms with E-state index in [1.807, 2.05) is 0 Å². The minimum Gasteiger partial charge on any atom is -0.444 e. The topological polar surface area (TPSA) is 181 Å². The van der Waals surface area contributed by atoms with Crippen LogP contribution in [0.2, 0.25) is 0 Å². The van der Waals surface area contributed by atoms with Crippen LogP contribution < -0.4 is 15.4 Å². The molecule has 14 nitrogen and oxygen atoms in total. The maximum atomic E-state index is 14.9. The van der Waals surface area contributed by atoms with Crippen molar-refractivity contribution in [1.29, 1.82) is 0 Å². The first-order chi connectivity index (χ1) is 27.5. The highest BCUT2D eigenvalue weighted by Crippen LogP contribution is 2.46. The Morgan fingerprint density at radius 3 is 2.61 bits per heavy atom. The molecular formula is C35H46FN5O9S. The van der Waals surface area contributed by atoms with Crippen molar-refractivity contribution < 1.29 is 58.6 Å². The fourth-order valence-corrected chi connectivity index (χ4v) is 7.16. The summed E-state index contributed by atoms with van der Waals surface area (Å²) in [5, 5.41) is 1.60. The molecule has 2 aliphatic carbocycles. The summed E-state index contributed by atoms with van der Waals surface area (Å²) in [7, 11) is -5.40. The summed E-state index contributed by atoms with van der Waals surface area (Å²) in [6, 6.07) is 0.185. The predicted octanol–water partition coefficient (Wildman–Crippen LogP) is 3.14. The van der Waals surface area contributed by atoms with E-state index in [9.17, 15) is 36.8 Å². The molecule has 278 valence electrons. The second-order valence-corrected chi connectivity index (χ2v) is 15.6. The van der Waals surface area contributed by atoms with E-state index in [0.717, 1.165) is 23.1 Å². The van der Waals surface area contributed by atoms with Crippen molar-refractivity contribution in [2.24, 2.45) is 5.92 Å². The largest absolute Gasteiger partial charge is 0.444 e. The number of nitrogens with one attached hydrogen (secondary N) is 3. The molecule has 51 heavy (non-hydrogen) atoms. The van der Waals surface area contributed by atoms with E-state index in [1.54, 1.807) is 37.6 Å². The van der Waals surface area contributed by atoms with Crippen LogP contribution in [0.1, 0.15) is 102 Å². The number of hydrogen-bond acceptors (Lipinski definition) is 9. The molecule has 1 saturated heterocycles. The van der Waals surface area contributed by atoms with E-state index in [0.29, 0.717) is 25.7 Å². The minimum atomic E-state index is -5.40. The van der Waals surface area contributed by atoms with Crippen molar-refractivity contribution in [1.82, 2.24) is 25.2 Å². The Hall–Kier alpha value is -4.21. The Morgan fingerprint density at radius 2 is 1.90 bits per heavy atom. The van der Waals surface area contributed by atoms with Crippen LogP contribution in [0.5, 0.6) is 0 Å². The van der Waals surface area contributed by atoms with Gasteiger partial charge in [-0.05, 0) is 70.8 Å². The summed E-state index contributed by atoms with van der Waals surface area (Å²) < 4.78 is 127. The molecule has 0 bridgehead atoms. The standard InChI is InChI=1S/C35H46FN5O9S/c1-34(2,3)50-32(45)37-27-13-8-6-4-5-7-11-22-17-35(22,31(44)39-51(47,48)24-14-15-24)38-29(42)28-16-23(19-41(28)30(27)43)49-33(46)40-18-21-10-9-12-26(36)25(21)20-40/h7,9-12,22-24,27-28H,4-6,8,13-20H2,1-3H3,(H,37,45)(H,38,42)(H,39,44)/b11-7+/t22-,23-,27+,28+,35+/m1/s1/i14D2,15D2,18D2,20D2,24D. The number of amides is 5. The molecule has 1 aromatic carbocycles. The Morgan fingerprint density at radius 1 is 1.14 bits per heavy atom. The van der Waals surface area contributed by atoms with Crippen molar-refractivity contribution in [2.75, 3.05) is 6.54 Å². The average molecular weight is 741 g/mol. The van der Waals surface area contributed by atoms with Crippen molar-refractivity contribution in [3.63, 3.8) is 0 Å². The van der Waals surface area contributed by atoms with Gasteiger partial charge >= 0.3 is 12.2 Å². The van der Waals surface area contributed by atoms with Crippen LogP contribution in [-0.4, -0.2) is 89.2 Å². The Balaban J connectivity index is 1.32. The number of carbonyl (C=O) groups is 5. The third-order valence-corrected chi connectivity index (χ3v) is 10.2. The number of nitrogens with zero attached hydrogens (tertiary/aromatic N) is 2. The van der Waals surface area contributed by atoms with Gasteiger partial charge in [0.05, 0.1) is 23.8 Å². The van der Waals surface area contributed by atoms with Gasteiger partial charge in [0.2, 0.25) is 21.8 Å². The molecule has 0 radical (unpaired) electrons. The zero-order chi connectivity index (χ0) is 44.8. The number of fused-ring (bicyclic) bond motifs is 3. The van der Waals surface area contributed by atoms with E-state index in [2.05, 4.69) is 10.6 Å². The normalized spacial score (nSPS) is 36.1. The van der Waals surface area contributed by atoms with Gasteiger partial charge in [-0.15, -0.1) is 0 Å². The number of carbonyl (C=O) groups excluding carboxylic acids is 5. The average Bonchev–Trinajstić information content (AvgIpc) is 3.72. The van der Waals surface area contributed by atoms with E-state index in [-0.39, 0.29) is 17.7 Å². The number of allylic oxidation sites excluding steroid dienone is 1. The maximum Gasteiger partial charge on any atom is 0.410 e. The first-order valence-electron chi connectivity index (χ1n) is 21.1. The number of ether oxygens (including phenoxy) is 2. The van der Waals surface area contributed by atoms with Crippen molar-refractivity contribution in [2.45, 2.75) is 126 Å². The second-order valence-electron chi connectivity index (χ2n) is 14.0. The maximum absolute atomic E-state index is 14.9. The third-order valence-electron chi connectivity index (χ3n) is 8.98. The molecule has 5 aliphatic rings. The van der Waals surface area contributed by atoms with Gasteiger partial charge in [0.15, 0.2) is 0 Å². The highest BCUT2D eigenvalue weighted by atomic mass is 32.2. The fraction of sp³-hybridized carbons (Fsp3) is 0.629. The lowest BCUT2D eigenvalue weighted by Gasteiger charge is -2.30. The highest BCUT2D eigenvalue weighted by molar-refractivity contribution is 7.91. The Kier molecular flexibility index (Phi) is 7.33. The molecule has 3 heterocycles. The highest BCUT2D eigenvalue weighted by Gasteiger charge is 2.62. The van der Waals surface area contributed by atoms with Crippen LogP contribution >= 0.6 is 0 Å². The van der Waals surface area contributed by atoms with E-state index in [1.165, 1.54) is 0 Å². The van der Waals surface area contributed by atoms with Gasteiger partial charge in [0, 0.05) is 31.3 Å². The van der Waals surface area contributed by atoms with Crippen molar-refractivity contribution in [3.8, 4) is 0 Å². The molecule has 5 atom stereocenters. The van der Waals surface area contributed by atoms with E-state index >= 15 is 0 Å². The van der Waals surface area contributed by atoms with Crippen molar-refractivity contribution >= 4 is 39.9 Å². The molecule has 0 aromatic heterocycles. The lowest BCUT2D eigenvalue weighted by molar-refractivity contribution is -0.141. The SMILES string of the molecule is [2H]C1([2H])c2cccc(F)c2C([2H])([2H])N1C(=O)O[C@@H]1C[C@H]2C(=O)N[C@@]3(C(=O)NS(=O)(=O)C4([2H])C([2H])([2H])C4([2H])[2H])C[C@H]3/C=C/CCCCC[C@H](NC(=O)OC(C)(C)C)C(=O)N2C1. The van der Waals surface area contributed by atoms with E-state index in [4.69, 9.17) is 21.8 Å². The smallest absolute Gasteiger partial charge is 0.410 e. The van der Waals surface area contributed by atoms with Crippen LogP contribution in [0.4, 0.5) is 14.0 Å². The molecule has 3 aliphatic heterocycles. The molecule has 3 fully saturated rings. The number of halogens is 1. The molecule has 16 heteroatoms. The van der Waals surface area contributed by atoms with Gasteiger partial charge in [-0.25, -0.2) is 22.4 Å². The van der Waals surface area contributed by atoms with Gasteiger partial charge in [0.25, 0.3) is 5.91 Å². The van der Waals surface area contributed by atoms with E-state index < -0.39 is 136 Å². The molecule has 2 saturated carbocycles. The number of sulfonamides is 1. The van der Waals surface area contributed by atoms with Gasteiger partial charge in [0.1, 0.15) is 35.1 Å². The third kappa shape index (κ3) is 8.31. The zero-order valence-corrected chi connectivity index (χ0v) is 29.0. The molecule has 5 amide bonds. The summed E-state index contributed by atoms with van der Waals surface area (Å²) in [6.45, 7) is -1.79. The Bertz CT molecular complexity index is 2130. The Labute approximate surface area is 309 Å². The lowest BCUT2D eigenvalue weighted by Crippen LogP contribution is -2.58. The molecule has 6 rings (SSSR count). The zero-order valence-electron chi connectivity index (χ0n) is 37.2. The fourth-order valence-electron chi connectivity index (χ4n) is 6.32. The van der Waals surface area contributed by atoms with Gasteiger partial charge in [-0.3, -0.25) is 24.0 Å². The molecule has 3 N–H and O–H groups in total.